The molecule has 0 saturated carbocycles. The Hall–Kier alpha value is -4.30. The van der Waals surface area contributed by atoms with Crippen LogP contribution in [0, 0.1) is 6.92 Å². The number of hydrogen-bond acceptors (Lipinski definition) is 6. The van der Waals surface area contributed by atoms with Crippen molar-refractivity contribution in [3.8, 4) is 28.3 Å². The second kappa shape index (κ2) is 9.91. The van der Waals surface area contributed by atoms with Crippen molar-refractivity contribution in [1.82, 2.24) is 19.6 Å². The molecule has 0 saturated heterocycles. The third kappa shape index (κ3) is 4.50. The molecule has 1 aliphatic carbocycles. The number of pyridine rings is 1. The molecule has 0 amide bonds. The molecular formula is C34H34N4O4. The van der Waals surface area contributed by atoms with Gasteiger partial charge in [-0.15, -0.1) is 0 Å². The Balaban J connectivity index is 1.53. The van der Waals surface area contributed by atoms with Crippen molar-refractivity contribution in [2.45, 2.75) is 71.5 Å². The van der Waals surface area contributed by atoms with Crippen LogP contribution >= 0.6 is 0 Å². The predicted octanol–water partition coefficient (Wildman–Crippen LogP) is 6.67. The van der Waals surface area contributed by atoms with Crippen LogP contribution in [0.4, 0.5) is 0 Å². The van der Waals surface area contributed by atoms with E-state index in [-0.39, 0.29) is 0 Å². The normalized spacial score (nSPS) is 15.4. The van der Waals surface area contributed by atoms with Crippen LogP contribution in [0.1, 0.15) is 67.7 Å². The fourth-order valence-corrected chi connectivity index (χ4v) is 6.42. The summed E-state index contributed by atoms with van der Waals surface area (Å²) in [7, 11) is 0. The molecule has 4 heterocycles. The highest BCUT2D eigenvalue weighted by molar-refractivity contribution is 6.00. The second-order valence-corrected chi connectivity index (χ2v) is 12.3. The molecule has 0 fully saturated rings. The summed E-state index contributed by atoms with van der Waals surface area (Å²) in [5.74, 6) is -0.306. The van der Waals surface area contributed by atoms with Gasteiger partial charge >= 0.3 is 5.97 Å². The zero-order valence-corrected chi connectivity index (χ0v) is 24.4. The summed E-state index contributed by atoms with van der Waals surface area (Å²) in [6.07, 6.45) is 5.93. The molecule has 2 aliphatic rings. The Morgan fingerprint density at radius 3 is 2.62 bits per heavy atom. The number of benzene rings is 2. The molecule has 8 heteroatoms. The molecular weight excluding hydrogens is 528 g/mol. The first kappa shape index (κ1) is 26.6. The van der Waals surface area contributed by atoms with Crippen molar-refractivity contribution >= 4 is 22.5 Å². The quantitative estimate of drug-likeness (QED) is 0.255. The van der Waals surface area contributed by atoms with E-state index in [1.54, 1.807) is 4.52 Å². The number of carboxylic acid groups (broad SMARTS) is 1. The molecule has 214 valence electrons. The monoisotopic (exact) mass is 562 g/mol. The van der Waals surface area contributed by atoms with E-state index in [1.807, 2.05) is 58.2 Å². The maximum absolute atomic E-state index is 12.8. The minimum absolute atomic E-state index is 0.462. The molecule has 1 N–H and O–H groups in total. The van der Waals surface area contributed by atoms with Crippen LogP contribution in [0.3, 0.4) is 0 Å². The van der Waals surface area contributed by atoms with E-state index >= 15 is 0 Å². The van der Waals surface area contributed by atoms with Crippen molar-refractivity contribution in [3.63, 3.8) is 0 Å². The SMILES string of the molecule is Cc1nc2cc(-c3ccc4c(c3)CCCC4)nn2c(-c2ccc3c4c(ccnc24)CCO3)c1C(OC(C)(C)C)C(=O)O. The number of rotatable bonds is 5. The van der Waals surface area contributed by atoms with Gasteiger partial charge < -0.3 is 14.6 Å². The van der Waals surface area contributed by atoms with Crippen LogP contribution in [0.15, 0.2) is 48.7 Å². The molecule has 0 radical (unpaired) electrons. The van der Waals surface area contributed by atoms with Gasteiger partial charge in [0.2, 0.25) is 0 Å². The van der Waals surface area contributed by atoms with Crippen molar-refractivity contribution in [2.24, 2.45) is 0 Å². The molecule has 0 bridgehead atoms. The summed E-state index contributed by atoms with van der Waals surface area (Å²) < 4.78 is 14.0. The average Bonchev–Trinajstić information content (AvgIpc) is 3.39. The summed E-state index contributed by atoms with van der Waals surface area (Å²) in [5, 5.41) is 16.5. The van der Waals surface area contributed by atoms with Crippen LogP contribution < -0.4 is 4.74 Å². The first-order chi connectivity index (χ1) is 20.2. The lowest BCUT2D eigenvalue weighted by Gasteiger charge is -2.28. The van der Waals surface area contributed by atoms with Gasteiger partial charge in [-0.2, -0.15) is 5.10 Å². The Morgan fingerprint density at radius 2 is 1.83 bits per heavy atom. The van der Waals surface area contributed by atoms with Gasteiger partial charge in [0.05, 0.1) is 29.1 Å². The first-order valence-corrected chi connectivity index (χ1v) is 14.6. The van der Waals surface area contributed by atoms with Crippen LogP contribution in [-0.2, 0) is 28.8 Å². The molecule has 7 rings (SSSR count). The van der Waals surface area contributed by atoms with E-state index in [0.29, 0.717) is 29.2 Å². The third-order valence-electron chi connectivity index (χ3n) is 8.26. The van der Waals surface area contributed by atoms with Crippen molar-refractivity contribution in [2.75, 3.05) is 6.61 Å². The average molecular weight is 563 g/mol. The Morgan fingerprint density at radius 1 is 1.02 bits per heavy atom. The number of carbonyl (C=O) groups is 1. The lowest BCUT2D eigenvalue weighted by atomic mass is 9.90. The van der Waals surface area contributed by atoms with Crippen LogP contribution in [-0.4, -0.2) is 42.9 Å². The maximum atomic E-state index is 12.8. The van der Waals surface area contributed by atoms with Gasteiger partial charge in [0.1, 0.15) is 5.75 Å². The number of fused-ring (bicyclic) bond motifs is 2. The standard InChI is InChI=1S/C34H34N4O4/c1-19-28(32(33(39)40)42-34(2,3)4)31(24-11-12-26-29-21(14-16-41-26)13-15-35-30(24)29)38-27(36-19)18-25(37-38)23-10-9-20-7-5-6-8-22(20)17-23/h9-13,15,17-18,32H,5-8,14,16H2,1-4H3,(H,39,40). The number of ether oxygens (including phenoxy) is 2. The molecule has 0 spiro atoms. The molecule has 42 heavy (non-hydrogen) atoms. The number of nitrogens with zero attached hydrogens (tertiary/aromatic N) is 4. The van der Waals surface area contributed by atoms with Gasteiger partial charge in [-0.1, -0.05) is 12.1 Å². The molecule has 1 unspecified atom stereocenters. The summed E-state index contributed by atoms with van der Waals surface area (Å²) >= 11 is 0. The van der Waals surface area contributed by atoms with E-state index in [1.165, 1.54) is 24.0 Å². The Kier molecular flexibility index (Phi) is 6.27. The minimum atomic E-state index is -1.27. The van der Waals surface area contributed by atoms with Crippen LogP contribution in [0.2, 0.25) is 0 Å². The van der Waals surface area contributed by atoms with Crippen LogP contribution in [0.5, 0.6) is 5.75 Å². The van der Waals surface area contributed by atoms with Gasteiger partial charge in [0.25, 0.3) is 0 Å². The largest absolute Gasteiger partial charge is 0.493 e. The highest BCUT2D eigenvalue weighted by Gasteiger charge is 2.34. The van der Waals surface area contributed by atoms with Gasteiger partial charge in [0, 0.05) is 46.5 Å². The molecule has 1 aliphatic heterocycles. The minimum Gasteiger partial charge on any atom is -0.493 e. The predicted molar refractivity (Wildman–Crippen MR) is 161 cm³/mol. The summed E-state index contributed by atoms with van der Waals surface area (Å²) in [6, 6.07) is 14.5. The highest BCUT2D eigenvalue weighted by atomic mass is 16.5. The number of carboxylic acids is 1. The highest BCUT2D eigenvalue weighted by Crippen LogP contribution is 2.42. The first-order valence-electron chi connectivity index (χ1n) is 14.6. The zero-order valence-electron chi connectivity index (χ0n) is 24.4. The molecule has 3 aromatic heterocycles. The topological polar surface area (TPSA) is 98.8 Å². The van der Waals surface area contributed by atoms with E-state index in [4.69, 9.17) is 24.5 Å². The fourth-order valence-electron chi connectivity index (χ4n) is 6.42. The van der Waals surface area contributed by atoms with Gasteiger partial charge in [-0.25, -0.2) is 14.3 Å². The molecule has 8 nitrogen and oxygen atoms in total. The van der Waals surface area contributed by atoms with Gasteiger partial charge in [-0.3, -0.25) is 4.98 Å². The Labute approximate surface area is 244 Å². The number of aromatic nitrogens is 4. The van der Waals surface area contributed by atoms with E-state index in [9.17, 15) is 9.90 Å². The summed E-state index contributed by atoms with van der Waals surface area (Å²) in [6.45, 7) is 8.02. The zero-order chi connectivity index (χ0) is 29.2. The second-order valence-electron chi connectivity index (χ2n) is 12.3. The van der Waals surface area contributed by atoms with Crippen molar-refractivity contribution < 1.29 is 19.4 Å². The molecule has 2 aromatic carbocycles. The number of aliphatic carboxylic acids is 1. The van der Waals surface area contributed by atoms with Crippen molar-refractivity contribution in [1.29, 1.82) is 0 Å². The lowest BCUT2D eigenvalue weighted by Crippen LogP contribution is -2.29. The number of hydrogen-bond donors (Lipinski definition) is 1. The molecule has 5 aromatic rings. The molecule has 1 atom stereocenters. The van der Waals surface area contributed by atoms with E-state index in [0.717, 1.165) is 58.3 Å². The lowest BCUT2D eigenvalue weighted by molar-refractivity contribution is -0.160. The Bertz CT molecular complexity index is 1870. The van der Waals surface area contributed by atoms with E-state index in [2.05, 4.69) is 18.2 Å². The van der Waals surface area contributed by atoms with E-state index < -0.39 is 17.7 Å². The summed E-state index contributed by atoms with van der Waals surface area (Å²) in [4.78, 5) is 22.5. The third-order valence-corrected chi connectivity index (χ3v) is 8.26. The van der Waals surface area contributed by atoms with Gasteiger partial charge in [0.15, 0.2) is 11.8 Å². The summed E-state index contributed by atoms with van der Waals surface area (Å²) in [5.41, 5.74) is 8.81. The van der Waals surface area contributed by atoms with Gasteiger partial charge in [-0.05, 0) is 94.3 Å². The number of aryl methyl sites for hydroxylation is 3. The smallest absolute Gasteiger partial charge is 0.337 e. The van der Waals surface area contributed by atoms with Crippen molar-refractivity contribution in [3.05, 3.63) is 76.6 Å². The fraction of sp³-hybridized carbons (Fsp3) is 0.353. The van der Waals surface area contributed by atoms with Crippen LogP contribution in [0.25, 0.3) is 39.1 Å². The maximum Gasteiger partial charge on any atom is 0.337 e.